The van der Waals surface area contributed by atoms with Gasteiger partial charge in [0.1, 0.15) is 12.0 Å². The van der Waals surface area contributed by atoms with Crippen LogP contribution in [0.15, 0.2) is 4.99 Å². The third kappa shape index (κ3) is 3.34. The summed E-state index contributed by atoms with van der Waals surface area (Å²) in [6.45, 7) is 1.62. The van der Waals surface area contributed by atoms with E-state index in [9.17, 15) is 4.79 Å². The van der Waals surface area contributed by atoms with Gasteiger partial charge in [-0.25, -0.2) is 5.48 Å². The summed E-state index contributed by atoms with van der Waals surface area (Å²) in [6, 6.07) is -0.00812. The Labute approximate surface area is 104 Å². The third-order valence-corrected chi connectivity index (χ3v) is 3.28. The van der Waals surface area contributed by atoms with Crippen LogP contribution >= 0.6 is 11.8 Å². The number of aliphatic imine (C=N–C) groups is 1. The lowest BCUT2D eigenvalue weighted by atomic mass is 10.1. The Hall–Kier alpha value is -0.790. The van der Waals surface area contributed by atoms with Gasteiger partial charge in [-0.15, -0.1) is 0 Å². The number of carbonyl (C=O) groups is 1. The molecule has 1 N–H and O–H groups in total. The zero-order valence-corrected chi connectivity index (χ0v) is 10.4. The summed E-state index contributed by atoms with van der Waals surface area (Å²) < 4.78 is 10.6. The van der Waals surface area contributed by atoms with E-state index in [1.54, 1.807) is 0 Å². The highest BCUT2D eigenvalue weighted by atomic mass is 32.2. The Kier molecular flexibility index (Phi) is 4.25. The molecule has 1 saturated heterocycles. The molecule has 6 nitrogen and oxygen atoms in total. The van der Waals surface area contributed by atoms with Crippen LogP contribution in [0.25, 0.3) is 0 Å². The number of rotatable bonds is 3. The summed E-state index contributed by atoms with van der Waals surface area (Å²) in [7, 11) is 1.53. The summed E-state index contributed by atoms with van der Waals surface area (Å²) in [5.41, 5.74) is 2.59. The van der Waals surface area contributed by atoms with Gasteiger partial charge < -0.3 is 9.47 Å². The van der Waals surface area contributed by atoms with Crippen molar-refractivity contribution in [1.82, 2.24) is 5.48 Å². The molecule has 0 aromatic carbocycles. The van der Waals surface area contributed by atoms with E-state index in [4.69, 9.17) is 14.3 Å². The number of nitrogens with one attached hydrogen (secondary N) is 1. The number of carbonyl (C=O) groups excluding carboxylic acids is 1. The van der Waals surface area contributed by atoms with E-state index in [1.165, 1.54) is 25.8 Å². The van der Waals surface area contributed by atoms with Gasteiger partial charge in [-0.1, -0.05) is 11.8 Å². The highest BCUT2D eigenvalue weighted by Gasteiger charge is 2.38. The van der Waals surface area contributed by atoms with Crippen LogP contribution in [0.1, 0.15) is 6.92 Å². The van der Waals surface area contributed by atoms with Crippen molar-refractivity contribution in [2.45, 2.75) is 24.5 Å². The summed E-state index contributed by atoms with van der Waals surface area (Å²) in [4.78, 5) is 19.8. The van der Waals surface area contributed by atoms with Crippen LogP contribution in [-0.2, 0) is 19.1 Å². The molecular weight excluding hydrogens is 244 g/mol. The molecule has 3 unspecified atom stereocenters. The monoisotopic (exact) mass is 258 g/mol. The molecule has 7 heteroatoms. The smallest absolute Gasteiger partial charge is 0.302 e. The van der Waals surface area contributed by atoms with E-state index in [2.05, 4.69) is 10.5 Å². The van der Waals surface area contributed by atoms with E-state index in [1.807, 2.05) is 12.8 Å². The molecule has 0 amide bonds. The van der Waals surface area contributed by atoms with Crippen LogP contribution in [0.4, 0.5) is 0 Å². The van der Waals surface area contributed by atoms with Crippen molar-refractivity contribution in [1.29, 1.82) is 0 Å². The molecule has 2 radical (unpaired) electrons. The molecule has 94 valence electrons. The van der Waals surface area contributed by atoms with Crippen molar-refractivity contribution >= 4 is 22.9 Å². The van der Waals surface area contributed by atoms with Crippen LogP contribution in [0, 0.1) is 12.8 Å². The van der Waals surface area contributed by atoms with Crippen molar-refractivity contribution in [2.75, 3.05) is 13.7 Å². The first-order chi connectivity index (χ1) is 8.19. The summed E-state index contributed by atoms with van der Waals surface area (Å²) in [5.74, 6) is -0.304. The average Bonchev–Trinajstić information content (AvgIpc) is 2.68. The SMILES string of the molecule is CONC1=NC2[CH][CH]C(COC(C)=O)OC2S1. The molecular formula is C10H14N2O4S. The predicted octanol–water partition coefficient (Wildman–Crippen LogP) is 0.305. The molecule has 0 spiro atoms. The minimum absolute atomic E-state index is 0.00812. The molecule has 0 aromatic rings. The van der Waals surface area contributed by atoms with Gasteiger partial charge >= 0.3 is 5.97 Å². The topological polar surface area (TPSA) is 69.1 Å². The number of hydroxylamine groups is 1. The molecule has 17 heavy (non-hydrogen) atoms. The van der Waals surface area contributed by atoms with Gasteiger partial charge in [0, 0.05) is 6.92 Å². The zero-order valence-electron chi connectivity index (χ0n) is 9.58. The Morgan fingerprint density at radius 3 is 3.18 bits per heavy atom. The number of esters is 1. The van der Waals surface area contributed by atoms with Crippen LogP contribution in [0.2, 0.25) is 0 Å². The van der Waals surface area contributed by atoms with E-state index in [0.29, 0.717) is 5.17 Å². The fourth-order valence-corrected chi connectivity index (χ4v) is 2.56. The Morgan fingerprint density at radius 2 is 2.47 bits per heavy atom. The number of ether oxygens (including phenoxy) is 2. The maximum atomic E-state index is 10.7. The second kappa shape index (κ2) is 5.70. The lowest BCUT2D eigenvalue weighted by Gasteiger charge is -2.29. The fraction of sp³-hybridized carbons (Fsp3) is 0.600. The molecule has 1 fully saturated rings. The van der Waals surface area contributed by atoms with Gasteiger partial charge in [-0.3, -0.25) is 14.6 Å². The highest BCUT2D eigenvalue weighted by Crippen LogP contribution is 2.34. The van der Waals surface area contributed by atoms with Gasteiger partial charge in [0.15, 0.2) is 5.17 Å². The molecule has 0 bridgehead atoms. The standard InChI is InChI=1S/C10H14N2O4S/c1-6(13)15-5-7-3-4-8-9(16-7)17-10(11-8)12-14-2/h3-4,7-9H,5H2,1-2H3,(H,11,12). The second-order valence-corrected chi connectivity index (χ2v) is 4.67. The number of hydrogen-bond acceptors (Lipinski definition) is 7. The normalized spacial score (nSPS) is 31.6. The quantitative estimate of drug-likeness (QED) is 0.580. The van der Waals surface area contributed by atoms with Crippen molar-refractivity contribution in [3.8, 4) is 0 Å². The molecule has 0 saturated carbocycles. The van der Waals surface area contributed by atoms with Gasteiger partial charge in [-0.2, -0.15) is 0 Å². The van der Waals surface area contributed by atoms with E-state index in [-0.39, 0.29) is 30.2 Å². The molecule has 2 aliphatic heterocycles. The number of hydrogen-bond donors (Lipinski definition) is 1. The zero-order chi connectivity index (χ0) is 12.3. The van der Waals surface area contributed by atoms with Gasteiger partial charge in [0.2, 0.25) is 0 Å². The molecule has 2 aliphatic rings. The van der Waals surface area contributed by atoms with E-state index < -0.39 is 0 Å². The van der Waals surface area contributed by atoms with E-state index >= 15 is 0 Å². The summed E-state index contributed by atoms with van der Waals surface area (Å²) in [6.07, 6.45) is 3.62. The first-order valence-electron chi connectivity index (χ1n) is 5.19. The second-order valence-electron chi connectivity index (χ2n) is 3.58. The molecule has 0 aromatic heterocycles. The Balaban J connectivity index is 1.80. The Morgan fingerprint density at radius 1 is 1.65 bits per heavy atom. The van der Waals surface area contributed by atoms with E-state index in [0.717, 1.165) is 0 Å². The number of thioether (sulfide) groups is 1. The van der Waals surface area contributed by atoms with Gasteiger partial charge in [-0.05, 0) is 12.8 Å². The number of amidine groups is 1. The molecule has 0 aliphatic carbocycles. The lowest BCUT2D eigenvalue weighted by molar-refractivity contribution is -0.145. The number of nitrogens with zero attached hydrogens (tertiary/aromatic N) is 1. The van der Waals surface area contributed by atoms with Crippen molar-refractivity contribution in [3.63, 3.8) is 0 Å². The fourth-order valence-electron chi connectivity index (χ4n) is 1.54. The molecule has 3 atom stereocenters. The predicted molar refractivity (Wildman–Crippen MR) is 62.9 cm³/mol. The average molecular weight is 258 g/mol. The van der Waals surface area contributed by atoms with Crippen LogP contribution in [0.3, 0.4) is 0 Å². The Bertz CT molecular complexity index is 323. The summed E-state index contributed by atoms with van der Waals surface area (Å²) in [5, 5.41) is 0.695. The van der Waals surface area contributed by atoms with Crippen molar-refractivity contribution in [3.05, 3.63) is 12.8 Å². The lowest BCUT2D eigenvalue weighted by Crippen LogP contribution is -2.37. The van der Waals surface area contributed by atoms with Gasteiger partial charge in [0.05, 0.1) is 19.3 Å². The maximum absolute atomic E-state index is 10.7. The van der Waals surface area contributed by atoms with Gasteiger partial charge in [0.25, 0.3) is 0 Å². The van der Waals surface area contributed by atoms with Crippen LogP contribution < -0.4 is 5.48 Å². The third-order valence-electron chi connectivity index (χ3n) is 2.25. The van der Waals surface area contributed by atoms with Crippen LogP contribution in [0.5, 0.6) is 0 Å². The highest BCUT2D eigenvalue weighted by molar-refractivity contribution is 8.14. The summed E-state index contributed by atoms with van der Waals surface area (Å²) >= 11 is 1.46. The maximum Gasteiger partial charge on any atom is 0.302 e. The first-order valence-corrected chi connectivity index (χ1v) is 6.07. The number of fused-ring (bicyclic) bond motifs is 1. The largest absolute Gasteiger partial charge is 0.463 e. The van der Waals surface area contributed by atoms with Crippen LogP contribution in [-0.4, -0.2) is 42.4 Å². The minimum atomic E-state index is -0.304. The molecule has 2 heterocycles. The van der Waals surface area contributed by atoms with Crippen molar-refractivity contribution in [2.24, 2.45) is 4.99 Å². The van der Waals surface area contributed by atoms with Crippen molar-refractivity contribution < 1.29 is 19.1 Å². The molecule has 2 rings (SSSR count). The first kappa shape index (κ1) is 12.7. The minimum Gasteiger partial charge on any atom is -0.463 e.